The molecular weight excluding hydrogens is 364 g/mol. The summed E-state index contributed by atoms with van der Waals surface area (Å²) < 4.78 is 26.3. The van der Waals surface area contributed by atoms with Gasteiger partial charge in [-0.25, -0.2) is 4.79 Å². The number of rotatable bonds is 5. The fourth-order valence-electron chi connectivity index (χ4n) is 2.79. The van der Waals surface area contributed by atoms with Crippen LogP contribution in [0.25, 0.3) is 33.8 Å². The van der Waals surface area contributed by atoms with Gasteiger partial charge in [0.1, 0.15) is 16.9 Å². The van der Waals surface area contributed by atoms with Crippen molar-refractivity contribution in [2.45, 2.75) is 0 Å². The number of ether oxygens (including phenoxy) is 3. The molecule has 4 rings (SSSR count). The Morgan fingerprint density at radius 2 is 1.71 bits per heavy atom. The molecule has 0 aliphatic carbocycles. The average Bonchev–Trinajstić information content (AvgIpc) is 3.22. The summed E-state index contributed by atoms with van der Waals surface area (Å²) in [5.74, 6) is 2.09. The van der Waals surface area contributed by atoms with Crippen molar-refractivity contribution in [1.82, 2.24) is 10.1 Å². The number of hydrogen-bond donors (Lipinski definition) is 0. The minimum Gasteiger partial charge on any atom is -0.497 e. The van der Waals surface area contributed by atoms with Gasteiger partial charge in [-0.1, -0.05) is 5.16 Å². The molecule has 0 bridgehead atoms. The Morgan fingerprint density at radius 1 is 0.893 bits per heavy atom. The van der Waals surface area contributed by atoms with Gasteiger partial charge >= 0.3 is 5.63 Å². The Morgan fingerprint density at radius 3 is 2.46 bits per heavy atom. The van der Waals surface area contributed by atoms with E-state index in [4.69, 9.17) is 23.2 Å². The summed E-state index contributed by atoms with van der Waals surface area (Å²) in [5.41, 5.74) is 0.662. The van der Waals surface area contributed by atoms with Crippen molar-refractivity contribution in [2.75, 3.05) is 21.3 Å². The van der Waals surface area contributed by atoms with Crippen LogP contribution in [0.4, 0.5) is 0 Å². The van der Waals surface area contributed by atoms with Crippen molar-refractivity contribution in [2.24, 2.45) is 0 Å². The Balaban J connectivity index is 1.75. The second kappa shape index (κ2) is 7.07. The van der Waals surface area contributed by atoms with Crippen molar-refractivity contribution in [3.8, 4) is 40.1 Å². The zero-order chi connectivity index (χ0) is 19.7. The first-order chi connectivity index (χ1) is 13.6. The second-order valence-corrected chi connectivity index (χ2v) is 5.84. The first-order valence-electron chi connectivity index (χ1n) is 8.31. The van der Waals surface area contributed by atoms with Crippen LogP contribution in [0, 0.1) is 0 Å². The molecule has 142 valence electrons. The molecule has 2 aromatic heterocycles. The Labute approximate surface area is 159 Å². The normalized spacial score (nSPS) is 10.8. The third kappa shape index (κ3) is 3.05. The number of aromatic nitrogens is 2. The summed E-state index contributed by atoms with van der Waals surface area (Å²) in [4.78, 5) is 16.7. The lowest BCUT2D eigenvalue weighted by atomic mass is 10.1. The van der Waals surface area contributed by atoms with E-state index in [-0.39, 0.29) is 11.5 Å². The summed E-state index contributed by atoms with van der Waals surface area (Å²) in [5, 5.41) is 4.67. The highest BCUT2D eigenvalue weighted by Gasteiger charge is 2.17. The van der Waals surface area contributed by atoms with Crippen molar-refractivity contribution < 1.29 is 23.2 Å². The highest BCUT2D eigenvalue weighted by Crippen LogP contribution is 2.32. The first kappa shape index (κ1) is 17.6. The highest BCUT2D eigenvalue weighted by molar-refractivity contribution is 5.81. The zero-order valence-corrected chi connectivity index (χ0v) is 15.4. The Hall–Kier alpha value is -3.81. The molecule has 0 amide bonds. The van der Waals surface area contributed by atoms with Gasteiger partial charge in [-0.05, 0) is 36.4 Å². The quantitative estimate of drug-likeness (QED) is 0.485. The largest absolute Gasteiger partial charge is 0.497 e. The van der Waals surface area contributed by atoms with Gasteiger partial charge in [0, 0.05) is 17.0 Å². The Kier molecular flexibility index (Phi) is 4.44. The summed E-state index contributed by atoms with van der Waals surface area (Å²) in [7, 11) is 4.64. The maximum absolute atomic E-state index is 12.4. The maximum Gasteiger partial charge on any atom is 0.349 e. The fourth-order valence-corrected chi connectivity index (χ4v) is 2.79. The Bertz CT molecular complexity index is 1210. The molecule has 28 heavy (non-hydrogen) atoms. The standard InChI is InChI=1S/C20H16N2O6/c1-24-13-6-4-11-8-14(20(23)27-16(11)10-13)19-21-18(22-28-19)12-5-7-15(25-2)17(9-12)26-3/h4-10H,1-3H3. The smallest absolute Gasteiger partial charge is 0.349 e. The van der Waals surface area contributed by atoms with E-state index in [2.05, 4.69) is 10.1 Å². The summed E-state index contributed by atoms with van der Waals surface area (Å²) in [6, 6.07) is 12.1. The molecule has 0 aliphatic heterocycles. The van der Waals surface area contributed by atoms with E-state index in [0.29, 0.717) is 39.6 Å². The van der Waals surface area contributed by atoms with Crippen LogP contribution in [0.3, 0.4) is 0 Å². The maximum atomic E-state index is 12.4. The van der Waals surface area contributed by atoms with Gasteiger partial charge in [-0.15, -0.1) is 0 Å². The molecule has 0 fully saturated rings. The molecule has 0 unspecified atom stereocenters. The van der Waals surface area contributed by atoms with Crippen LogP contribution in [0.5, 0.6) is 17.2 Å². The van der Waals surface area contributed by atoms with E-state index < -0.39 is 5.63 Å². The van der Waals surface area contributed by atoms with Crippen LogP contribution >= 0.6 is 0 Å². The van der Waals surface area contributed by atoms with Crippen LogP contribution in [-0.4, -0.2) is 31.5 Å². The molecule has 8 heteroatoms. The minimum atomic E-state index is -0.580. The third-order valence-electron chi connectivity index (χ3n) is 4.24. The summed E-state index contributed by atoms with van der Waals surface area (Å²) in [6.07, 6.45) is 0. The molecule has 0 spiro atoms. The molecule has 8 nitrogen and oxygen atoms in total. The van der Waals surface area contributed by atoms with E-state index >= 15 is 0 Å². The van der Waals surface area contributed by atoms with E-state index in [9.17, 15) is 4.79 Å². The molecule has 2 aromatic carbocycles. The van der Waals surface area contributed by atoms with Crippen LogP contribution in [0.2, 0.25) is 0 Å². The highest BCUT2D eigenvalue weighted by atomic mass is 16.5. The molecule has 0 aliphatic rings. The van der Waals surface area contributed by atoms with Crippen molar-refractivity contribution in [1.29, 1.82) is 0 Å². The van der Waals surface area contributed by atoms with Crippen LogP contribution in [0.15, 0.2) is 56.2 Å². The van der Waals surface area contributed by atoms with Gasteiger partial charge < -0.3 is 23.2 Å². The molecule has 4 aromatic rings. The zero-order valence-electron chi connectivity index (χ0n) is 15.4. The third-order valence-corrected chi connectivity index (χ3v) is 4.24. The molecule has 0 radical (unpaired) electrons. The molecular formula is C20H16N2O6. The minimum absolute atomic E-state index is 0.0660. The van der Waals surface area contributed by atoms with E-state index in [1.807, 2.05) is 0 Å². The van der Waals surface area contributed by atoms with Crippen LogP contribution < -0.4 is 19.8 Å². The average molecular weight is 380 g/mol. The van der Waals surface area contributed by atoms with Crippen molar-refractivity contribution in [3.05, 3.63) is 52.9 Å². The lowest BCUT2D eigenvalue weighted by molar-refractivity contribution is 0.355. The monoisotopic (exact) mass is 380 g/mol. The summed E-state index contributed by atoms with van der Waals surface area (Å²) in [6.45, 7) is 0. The van der Waals surface area contributed by atoms with Crippen LogP contribution in [-0.2, 0) is 0 Å². The predicted octanol–water partition coefficient (Wildman–Crippen LogP) is 3.54. The van der Waals surface area contributed by atoms with Gasteiger partial charge in [0.2, 0.25) is 5.82 Å². The van der Waals surface area contributed by atoms with E-state index in [1.165, 1.54) is 0 Å². The lowest BCUT2D eigenvalue weighted by Gasteiger charge is -2.07. The van der Waals surface area contributed by atoms with E-state index in [0.717, 1.165) is 0 Å². The van der Waals surface area contributed by atoms with Crippen LogP contribution in [0.1, 0.15) is 0 Å². The SMILES string of the molecule is COc1ccc2cc(-c3nc(-c4ccc(OC)c(OC)c4)no3)c(=O)oc2c1. The molecule has 0 N–H and O–H groups in total. The second-order valence-electron chi connectivity index (χ2n) is 5.84. The van der Waals surface area contributed by atoms with Gasteiger partial charge in [0.25, 0.3) is 5.89 Å². The van der Waals surface area contributed by atoms with Gasteiger partial charge in [0.15, 0.2) is 11.5 Å². The molecule has 2 heterocycles. The first-order valence-corrected chi connectivity index (χ1v) is 8.31. The number of methoxy groups -OCH3 is 3. The van der Waals surface area contributed by atoms with Gasteiger partial charge in [0.05, 0.1) is 21.3 Å². The number of fused-ring (bicyclic) bond motifs is 1. The molecule has 0 saturated carbocycles. The molecule has 0 atom stereocenters. The molecule has 0 saturated heterocycles. The van der Waals surface area contributed by atoms with Gasteiger partial charge in [-0.2, -0.15) is 4.98 Å². The van der Waals surface area contributed by atoms with E-state index in [1.54, 1.807) is 63.8 Å². The number of nitrogens with zero attached hydrogens (tertiary/aromatic N) is 2. The lowest BCUT2D eigenvalue weighted by Crippen LogP contribution is -2.03. The van der Waals surface area contributed by atoms with Gasteiger partial charge in [-0.3, -0.25) is 0 Å². The fraction of sp³-hybridized carbons (Fsp3) is 0.150. The number of hydrogen-bond acceptors (Lipinski definition) is 8. The number of benzene rings is 2. The summed E-state index contributed by atoms with van der Waals surface area (Å²) >= 11 is 0. The van der Waals surface area contributed by atoms with Crippen molar-refractivity contribution in [3.63, 3.8) is 0 Å². The predicted molar refractivity (Wildman–Crippen MR) is 101 cm³/mol. The topological polar surface area (TPSA) is 96.8 Å². The van der Waals surface area contributed by atoms with Crippen molar-refractivity contribution >= 4 is 11.0 Å².